The smallest absolute Gasteiger partial charge is 0.266 e. The zero-order chi connectivity index (χ0) is 14.0. The van der Waals surface area contributed by atoms with Gasteiger partial charge in [-0.05, 0) is 6.42 Å². The van der Waals surface area contributed by atoms with Crippen LogP contribution in [0.25, 0.3) is 0 Å². The Bertz CT molecular complexity index is 564. The van der Waals surface area contributed by atoms with E-state index in [4.69, 9.17) is 4.18 Å². The van der Waals surface area contributed by atoms with E-state index >= 15 is 0 Å². The lowest BCUT2D eigenvalue weighted by atomic mass is 9.83. The van der Waals surface area contributed by atoms with Crippen LogP contribution in [0.1, 0.15) is 34.1 Å². The average Bonchev–Trinajstić information content (AvgIpc) is 2.17. The summed E-state index contributed by atoms with van der Waals surface area (Å²) in [6.45, 7) is 6.79. The molecule has 5 nitrogen and oxygen atoms in total. The molecule has 7 heteroatoms. The molecule has 0 N–H and O–H groups in total. The molecular weight excluding hydrogens is 276 g/mol. The first-order valence-corrected chi connectivity index (χ1v) is 8.84. The van der Waals surface area contributed by atoms with E-state index in [-0.39, 0.29) is 22.2 Å². The largest absolute Gasteiger partial charge is 0.294 e. The van der Waals surface area contributed by atoms with E-state index in [1.54, 1.807) is 27.7 Å². The van der Waals surface area contributed by atoms with Crippen LogP contribution in [0.3, 0.4) is 0 Å². The number of hydrogen-bond donors (Lipinski definition) is 0. The fourth-order valence-electron chi connectivity index (χ4n) is 2.58. The first kappa shape index (κ1) is 14.0. The predicted molar refractivity (Wildman–Crippen MR) is 67.9 cm³/mol. The van der Waals surface area contributed by atoms with Crippen LogP contribution in [0.2, 0.25) is 0 Å². The molecular formula is C11H18O5S2. The van der Waals surface area contributed by atoms with E-state index in [0.717, 1.165) is 0 Å². The third kappa shape index (κ3) is 1.92. The molecule has 18 heavy (non-hydrogen) atoms. The van der Waals surface area contributed by atoms with Crippen molar-refractivity contribution >= 4 is 20.0 Å². The van der Waals surface area contributed by atoms with Gasteiger partial charge in [0, 0.05) is 10.8 Å². The molecule has 2 heterocycles. The zero-order valence-electron chi connectivity index (χ0n) is 11.0. The predicted octanol–water partition coefficient (Wildman–Crippen LogP) is 1.43. The van der Waals surface area contributed by atoms with Gasteiger partial charge in [0.25, 0.3) is 10.1 Å². The van der Waals surface area contributed by atoms with E-state index < -0.39 is 30.8 Å². The monoisotopic (exact) mass is 294 g/mol. The maximum Gasteiger partial charge on any atom is 0.294 e. The first-order valence-electron chi connectivity index (χ1n) is 5.78. The van der Waals surface area contributed by atoms with Crippen LogP contribution in [0.15, 0.2) is 9.81 Å². The highest BCUT2D eigenvalue weighted by atomic mass is 32.2. The fourth-order valence-corrected chi connectivity index (χ4v) is 7.56. The molecule has 0 aromatic carbocycles. The minimum Gasteiger partial charge on any atom is -0.266 e. The van der Waals surface area contributed by atoms with Crippen LogP contribution >= 0.6 is 0 Å². The van der Waals surface area contributed by atoms with Gasteiger partial charge in [-0.25, -0.2) is 8.42 Å². The van der Waals surface area contributed by atoms with E-state index in [9.17, 15) is 16.8 Å². The van der Waals surface area contributed by atoms with Gasteiger partial charge in [-0.15, -0.1) is 0 Å². The summed E-state index contributed by atoms with van der Waals surface area (Å²) in [5, 5.41) is 0. The highest BCUT2D eigenvalue weighted by Gasteiger charge is 2.52. The van der Waals surface area contributed by atoms with Gasteiger partial charge < -0.3 is 0 Å². The molecule has 0 saturated heterocycles. The van der Waals surface area contributed by atoms with Crippen molar-refractivity contribution in [2.45, 2.75) is 34.1 Å². The van der Waals surface area contributed by atoms with E-state index in [0.29, 0.717) is 6.42 Å². The van der Waals surface area contributed by atoms with E-state index in [2.05, 4.69) is 0 Å². The minimum atomic E-state index is -3.93. The Morgan fingerprint density at radius 1 is 0.944 bits per heavy atom. The average molecular weight is 294 g/mol. The van der Waals surface area contributed by atoms with Gasteiger partial charge in [-0.1, -0.05) is 27.7 Å². The topological polar surface area (TPSA) is 77.5 Å². The van der Waals surface area contributed by atoms with Crippen LogP contribution in [0.5, 0.6) is 0 Å². The Hall–Kier alpha value is -0.400. The first-order chi connectivity index (χ1) is 7.90. The molecule has 0 amide bonds. The second-order valence-electron chi connectivity index (χ2n) is 6.21. The minimum absolute atomic E-state index is 0.00220. The lowest BCUT2D eigenvalue weighted by Gasteiger charge is -2.42. The summed E-state index contributed by atoms with van der Waals surface area (Å²) in [5.41, 5.74) is -1.49. The third-order valence-corrected chi connectivity index (χ3v) is 7.50. The number of hydrogen-bond acceptors (Lipinski definition) is 5. The molecule has 0 radical (unpaired) electrons. The Labute approximate surface area is 108 Å². The van der Waals surface area contributed by atoms with Crippen molar-refractivity contribution in [3.05, 3.63) is 9.81 Å². The standard InChI is InChI=1S/C11H18O5S2/c1-10(2)5-6-17(12,13)8-9(10)18(14,15)16-7-11(8,3)4/h5-7H2,1-4H3. The maximum atomic E-state index is 12.2. The lowest BCUT2D eigenvalue weighted by Crippen LogP contribution is -2.44. The van der Waals surface area contributed by atoms with Gasteiger partial charge >= 0.3 is 0 Å². The molecule has 0 saturated carbocycles. The van der Waals surface area contributed by atoms with Crippen molar-refractivity contribution in [2.24, 2.45) is 10.8 Å². The molecule has 2 aliphatic rings. The Morgan fingerprint density at radius 3 is 2.00 bits per heavy atom. The summed E-state index contributed by atoms with van der Waals surface area (Å²) in [6.07, 6.45) is 0.298. The van der Waals surface area contributed by atoms with Crippen molar-refractivity contribution in [1.82, 2.24) is 0 Å². The Balaban J connectivity index is 2.92. The van der Waals surface area contributed by atoms with Gasteiger partial charge in [0.2, 0.25) is 0 Å². The summed E-state index contributed by atoms with van der Waals surface area (Å²) in [7, 11) is -7.45. The van der Waals surface area contributed by atoms with Crippen LogP contribution in [0, 0.1) is 10.8 Å². The third-order valence-electron chi connectivity index (χ3n) is 3.57. The molecule has 2 aliphatic heterocycles. The van der Waals surface area contributed by atoms with E-state index in [1.165, 1.54) is 0 Å². The molecule has 0 bridgehead atoms. The number of allylic oxidation sites excluding steroid dienone is 1. The van der Waals surface area contributed by atoms with Crippen LogP contribution < -0.4 is 0 Å². The van der Waals surface area contributed by atoms with Gasteiger partial charge in [-0.2, -0.15) is 8.42 Å². The fraction of sp³-hybridized carbons (Fsp3) is 0.818. The molecule has 2 rings (SSSR count). The summed E-state index contributed by atoms with van der Waals surface area (Å²) < 4.78 is 53.5. The van der Waals surface area contributed by atoms with Crippen molar-refractivity contribution in [3.63, 3.8) is 0 Å². The van der Waals surface area contributed by atoms with Gasteiger partial charge in [0.05, 0.1) is 22.2 Å². The normalized spacial score (nSPS) is 31.8. The van der Waals surface area contributed by atoms with Gasteiger partial charge in [-0.3, -0.25) is 4.18 Å². The molecule has 0 unspecified atom stereocenters. The summed E-state index contributed by atoms with van der Waals surface area (Å²) in [6, 6.07) is 0. The summed E-state index contributed by atoms with van der Waals surface area (Å²) >= 11 is 0. The lowest BCUT2D eigenvalue weighted by molar-refractivity contribution is 0.204. The molecule has 0 atom stereocenters. The number of sulfone groups is 1. The molecule has 0 fully saturated rings. The highest BCUT2D eigenvalue weighted by Crippen LogP contribution is 2.51. The Kier molecular flexibility index (Phi) is 2.79. The summed E-state index contributed by atoms with van der Waals surface area (Å²) in [5.74, 6) is -0.00220. The Morgan fingerprint density at radius 2 is 1.50 bits per heavy atom. The molecule has 0 aromatic rings. The second kappa shape index (κ2) is 3.58. The number of rotatable bonds is 0. The quantitative estimate of drug-likeness (QED) is 0.632. The van der Waals surface area contributed by atoms with Crippen molar-refractivity contribution in [3.8, 4) is 0 Å². The van der Waals surface area contributed by atoms with Crippen LogP contribution in [0.4, 0.5) is 0 Å². The van der Waals surface area contributed by atoms with Crippen LogP contribution in [-0.4, -0.2) is 29.2 Å². The molecule has 0 aromatic heterocycles. The highest BCUT2D eigenvalue weighted by molar-refractivity contribution is 7.97. The van der Waals surface area contributed by atoms with Gasteiger partial charge in [0.1, 0.15) is 0 Å². The van der Waals surface area contributed by atoms with Crippen molar-refractivity contribution in [2.75, 3.05) is 12.4 Å². The van der Waals surface area contributed by atoms with Crippen LogP contribution in [-0.2, 0) is 24.1 Å². The molecule has 104 valence electrons. The maximum absolute atomic E-state index is 12.2. The van der Waals surface area contributed by atoms with Crippen molar-refractivity contribution < 1.29 is 21.0 Å². The van der Waals surface area contributed by atoms with Gasteiger partial charge in [0.15, 0.2) is 9.84 Å². The SMILES string of the molecule is CC1(C)COS(=O)(=O)C2=C1S(=O)(=O)CCC2(C)C. The summed E-state index contributed by atoms with van der Waals surface area (Å²) in [4.78, 5) is 0.00926. The second-order valence-corrected chi connectivity index (χ2v) is 9.81. The zero-order valence-corrected chi connectivity index (χ0v) is 12.6. The molecule has 0 aliphatic carbocycles. The molecule has 0 spiro atoms. The van der Waals surface area contributed by atoms with Crippen molar-refractivity contribution in [1.29, 1.82) is 0 Å². The van der Waals surface area contributed by atoms with E-state index in [1.807, 2.05) is 0 Å².